The molecule has 3 aromatic rings. The van der Waals surface area contributed by atoms with E-state index < -0.39 is 0 Å². The van der Waals surface area contributed by atoms with Crippen molar-refractivity contribution in [3.8, 4) is 11.4 Å². The smallest absolute Gasteiger partial charge is 0.272 e. The summed E-state index contributed by atoms with van der Waals surface area (Å²) in [4.78, 5) is 19.4. The summed E-state index contributed by atoms with van der Waals surface area (Å²) in [6.07, 6.45) is 2.94. The number of hydrogen-bond donors (Lipinski definition) is 0. The Balaban J connectivity index is 1.49. The second kappa shape index (κ2) is 7.02. The fourth-order valence-electron chi connectivity index (χ4n) is 3.91. The van der Waals surface area contributed by atoms with Crippen molar-refractivity contribution in [2.45, 2.75) is 26.8 Å². The normalized spacial score (nSPS) is 16.9. The van der Waals surface area contributed by atoms with Crippen LogP contribution >= 0.6 is 0 Å². The van der Waals surface area contributed by atoms with Gasteiger partial charge in [0.1, 0.15) is 11.5 Å². The first kappa shape index (κ1) is 17.5. The highest BCUT2D eigenvalue weighted by Gasteiger charge is 2.29. The number of benzene rings is 1. The zero-order valence-corrected chi connectivity index (χ0v) is 16.1. The third-order valence-electron chi connectivity index (χ3n) is 5.32. The Kier molecular flexibility index (Phi) is 4.56. The van der Waals surface area contributed by atoms with E-state index in [1.54, 1.807) is 4.68 Å². The molecule has 1 saturated heterocycles. The van der Waals surface area contributed by atoms with Crippen molar-refractivity contribution in [1.29, 1.82) is 0 Å². The van der Waals surface area contributed by atoms with Crippen LogP contribution in [-0.4, -0.2) is 43.2 Å². The minimum Gasteiger partial charge on any atom is -0.337 e. The predicted molar refractivity (Wildman–Crippen MR) is 104 cm³/mol. The van der Waals surface area contributed by atoms with Gasteiger partial charge in [0.15, 0.2) is 0 Å². The molecule has 0 N–H and O–H groups in total. The van der Waals surface area contributed by atoms with Crippen molar-refractivity contribution in [3.63, 3.8) is 0 Å². The maximum absolute atomic E-state index is 12.8. The van der Waals surface area contributed by atoms with Gasteiger partial charge in [-0.3, -0.25) is 9.48 Å². The Morgan fingerprint density at radius 1 is 1.22 bits per heavy atom. The van der Waals surface area contributed by atoms with Gasteiger partial charge in [-0.2, -0.15) is 5.10 Å². The molecule has 4 rings (SSSR count). The summed E-state index contributed by atoms with van der Waals surface area (Å²) in [6.45, 7) is 6.45. The third kappa shape index (κ3) is 3.39. The van der Waals surface area contributed by atoms with Crippen LogP contribution in [0.3, 0.4) is 0 Å². The highest BCUT2D eigenvalue weighted by Crippen LogP contribution is 2.25. The molecular formula is C21H25N5O. The second-order valence-electron chi connectivity index (χ2n) is 7.40. The maximum Gasteiger partial charge on any atom is 0.272 e. The summed E-state index contributed by atoms with van der Waals surface area (Å²) in [5.74, 6) is 1.50. The molecule has 1 aromatic carbocycles. The number of rotatable bonds is 4. The van der Waals surface area contributed by atoms with E-state index in [9.17, 15) is 4.79 Å². The molecule has 6 heteroatoms. The summed E-state index contributed by atoms with van der Waals surface area (Å²) in [7, 11) is 1.83. The van der Waals surface area contributed by atoms with Crippen molar-refractivity contribution >= 4 is 5.91 Å². The number of imidazole rings is 1. The average molecular weight is 363 g/mol. The fourth-order valence-corrected chi connectivity index (χ4v) is 3.91. The number of carbonyl (C=O) groups is 1. The molecule has 0 saturated carbocycles. The molecule has 27 heavy (non-hydrogen) atoms. The highest BCUT2D eigenvalue weighted by molar-refractivity contribution is 5.92. The fraction of sp³-hybridized carbons (Fsp3) is 0.381. The van der Waals surface area contributed by atoms with Crippen LogP contribution in [0.5, 0.6) is 0 Å². The highest BCUT2D eigenvalue weighted by atomic mass is 16.2. The number of hydrogen-bond acceptors (Lipinski definition) is 3. The summed E-state index contributed by atoms with van der Waals surface area (Å²) < 4.78 is 3.96. The van der Waals surface area contributed by atoms with Crippen molar-refractivity contribution in [2.24, 2.45) is 13.0 Å². The lowest BCUT2D eigenvalue weighted by Crippen LogP contribution is -2.30. The minimum atomic E-state index is 0.0752. The zero-order valence-electron chi connectivity index (χ0n) is 16.1. The maximum atomic E-state index is 12.8. The van der Waals surface area contributed by atoms with Crippen molar-refractivity contribution < 1.29 is 4.79 Å². The quantitative estimate of drug-likeness (QED) is 0.716. The van der Waals surface area contributed by atoms with Crippen LogP contribution < -0.4 is 0 Å². The van der Waals surface area contributed by atoms with E-state index in [2.05, 4.69) is 33.7 Å². The van der Waals surface area contributed by atoms with Crippen LogP contribution in [0.4, 0.5) is 0 Å². The molecule has 1 unspecified atom stereocenters. The van der Waals surface area contributed by atoms with Crippen LogP contribution in [0.1, 0.15) is 28.3 Å². The summed E-state index contributed by atoms with van der Waals surface area (Å²) in [6, 6.07) is 12.1. The van der Waals surface area contributed by atoms with Gasteiger partial charge in [0.05, 0.1) is 5.69 Å². The molecule has 1 atom stereocenters. The van der Waals surface area contributed by atoms with Gasteiger partial charge >= 0.3 is 0 Å². The Morgan fingerprint density at radius 3 is 2.70 bits per heavy atom. The van der Waals surface area contributed by atoms with Gasteiger partial charge in [-0.15, -0.1) is 0 Å². The number of carbonyl (C=O) groups excluding carboxylic acids is 1. The van der Waals surface area contributed by atoms with E-state index in [0.29, 0.717) is 11.6 Å². The monoisotopic (exact) mass is 363 g/mol. The average Bonchev–Trinajstić information content (AvgIpc) is 3.36. The van der Waals surface area contributed by atoms with Crippen molar-refractivity contribution in [1.82, 2.24) is 24.2 Å². The van der Waals surface area contributed by atoms with Crippen LogP contribution in [0, 0.1) is 19.8 Å². The van der Waals surface area contributed by atoms with Gasteiger partial charge in [0.25, 0.3) is 5.91 Å². The van der Waals surface area contributed by atoms with E-state index in [0.717, 1.165) is 48.8 Å². The predicted octanol–water partition coefficient (Wildman–Crippen LogP) is 3.06. The van der Waals surface area contributed by atoms with Gasteiger partial charge in [0, 0.05) is 44.1 Å². The van der Waals surface area contributed by atoms with Crippen molar-refractivity contribution in [3.05, 3.63) is 59.7 Å². The number of likely N-dealkylation sites (tertiary alicyclic amines) is 1. The first-order valence-corrected chi connectivity index (χ1v) is 9.40. The third-order valence-corrected chi connectivity index (χ3v) is 5.32. The van der Waals surface area contributed by atoms with Crippen LogP contribution in [-0.2, 0) is 13.6 Å². The van der Waals surface area contributed by atoms with E-state index in [4.69, 9.17) is 0 Å². The summed E-state index contributed by atoms with van der Waals surface area (Å²) >= 11 is 0. The Hall–Kier alpha value is -2.89. The summed E-state index contributed by atoms with van der Waals surface area (Å²) in [5, 5.41) is 4.30. The van der Waals surface area contributed by atoms with E-state index in [1.165, 1.54) is 0 Å². The topological polar surface area (TPSA) is 56.0 Å². The van der Waals surface area contributed by atoms with Gasteiger partial charge in [0.2, 0.25) is 0 Å². The molecule has 1 aliphatic rings. The van der Waals surface area contributed by atoms with Gasteiger partial charge in [-0.05, 0) is 32.3 Å². The van der Waals surface area contributed by atoms with Gasteiger partial charge in [-0.25, -0.2) is 4.98 Å². The first-order chi connectivity index (χ1) is 13.0. The number of nitrogens with zero attached hydrogens (tertiary/aromatic N) is 5. The lowest BCUT2D eigenvalue weighted by Gasteiger charge is -2.18. The Labute approximate surface area is 159 Å². The van der Waals surface area contributed by atoms with Gasteiger partial charge in [-0.1, -0.05) is 30.3 Å². The minimum absolute atomic E-state index is 0.0752. The van der Waals surface area contributed by atoms with Crippen LogP contribution in [0.2, 0.25) is 0 Å². The Morgan fingerprint density at radius 2 is 2.00 bits per heavy atom. The molecule has 6 nitrogen and oxygen atoms in total. The van der Waals surface area contributed by atoms with E-state index >= 15 is 0 Å². The number of aryl methyl sites for hydroxylation is 3. The summed E-state index contributed by atoms with van der Waals surface area (Å²) in [5.41, 5.74) is 3.82. The molecule has 1 aliphatic heterocycles. The van der Waals surface area contributed by atoms with Crippen molar-refractivity contribution in [2.75, 3.05) is 13.1 Å². The standard InChI is InChI=1S/C21H25N5O/c1-15-11-19(24(3)23-15)21(27)25-10-9-17(13-25)14-26-16(2)12-22-20(26)18-7-5-4-6-8-18/h4-8,11-12,17H,9-10,13-14H2,1-3H3. The molecule has 0 radical (unpaired) electrons. The van der Waals surface area contributed by atoms with E-state index in [-0.39, 0.29) is 5.91 Å². The number of amides is 1. The Bertz CT molecular complexity index is 956. The molecule has 0 bridgehead atoms. The molecule has 0 spiro atoms. The molecule has 1 fully saturated rings. The molecule has 0 aliphatic carbocycles. The SMILES string of the molecule is Cc1cc(C(=O)N2CCC(Cn3c(C)cnc3-c3ccccc3)C2)n(C)n1. The molecule has 3 heterocycles. The second-order valence-corrected chi connectivity index (χ2v) is 7.40. The molecule has 2 aromatic heterocycles. The largest absolute Gasteiger partial charge is 0.337 e. The lowest BCUT2D eigenvalue weighted by atomic mass is 10.1. The number of aromatic nitrogens is 4. The molecular weight excluding hydrogens is 338 g/mol. The first-order valence-electron chi connectivity index (χ1n) is 9.40. The van der Waals surface area contributed by atoms with Crippen LogP contribution in [0.15, 0.2) is 42.6 Å². The van der Waals surface area contributed by atoms with Gasteiger partial charge < -0.3 is 9.47 Å². The van der Waals surface area contributed by atoms with Crippen LogP contribution in [0.25, 0.3) is 11.4 Å². The zero-order chi connectivity index (χ0) is 19.0. The molecule has 140 valence electrons. The van der Waals surface area contributed by atoms with E-state index in [1.807, 2.05) is 49.3 Å². The lowest BCUT2D eigenvalue weighted by molar-refractivity contribution is 0.0775. The molecule has 1 amide bonds.